The summed E-state index contributed by atoms with van der Waals surface area (Å²) >= 11 is 5.94. The molecular formula is C11H10ClN3O. The Hall–Kier alpha value is -1.68. The van der Waals surface area contributed by atoms with Gasteiger partial charge in [0.25, 0.3) is 0 Å². The van der Waals surface area contributed by atoms with Crippen molar-refractivity contribution in [3.05, 3.63) is 35.5 Å². The molecule has 0 saturated heterocycles. The van der Waals surface area contributed by atoms with Crippen LogP contribution in [-0.4, -0.2) is 22.1 Å². The summed E-state index contributed by atoms with van der Waals surface area (Å²) in [6.07, 6.45) is 4.89. The highest BCUT2D eigenvalue weighted by Crippen LogP contribution is 2.33. The van der Waals surface area contributed by atoms with E-state index < -0.39 is 0 Å². The van der Waals surface area contributed by atoms with E-state index in [9.17, 15) is 0 Å². The number of hydrogen-bond acceptors (Lipinski definition) is 4. The second-order valence-electron chi connectivity index (χ2n) is 3.24. The standard InChI is InChI=1S/C11H10ClN3O/c1-7-5-13-4-3-8(7)9-10(16-2)11(12)15-6-14-9/h3-6H,1-2H3. The van der Waals surface area contributed by atoms with E-state index in [1.54, 1.807) is 19.5 Å². The first kappa shape index (κ1) is 10.8. The molecule has 2 rings (SSSR count). The Morgan fingerprint density at radius 3 is 2.81 bits per heavy atom. The average molecular weight is 236 g/mol. The molecule has 0 N–H and O–H groups in total. The van der Waals surface area contributed by atoms with E-state index in [2.05, 4.69) is 15.0 Å². The normalized spacial score (nSPS) is 10.2. The van der Waals surface area contributed by atoms with E-state index in [-0.39, 0.29) is 0 Å². The summed E-state index contributed by atoms with van der Waals surface area (Å²) in [6, 6.07) is 1.87. The topological polar surface area (TPSA) is 47.9 Å². The third-order valence-electron chi connectivity index (χ3n) is 2.24. The maximum atomic E-state index is 5.94. The van der Waals surface area contributed by atoms with Crippen LogP contribution in [0.15, 0.2) is 24.8 Å². The van der Waals surface area contributed by atoms with Crippen molar-refractivity contribution < 1.29 is 4.74 Å². The lowest BCUT2D eigenvalue weighted by Crippen LogP contribution is -1.96. The fourth-order valence-corrected chi connectivity index (χ4v) is 1.67. The first-order valence-electron chi connectivity index (χ1n) is 4.69. The van der Waals surface area contributed by atoms with Crippen molar-refractivity contribution in [3.63, 3.8) is 0 Å². The minimum Gasteiger partial charge on any atom is -0.491 e. The minimum atomic E-state index is 0.309. The smallest absolute Gasteiger partial charge is 0.182 e. The number of nitrogens with zero attached hydrogens (tertiary/aromatic N) is 3. The molecule has 0 aliphatic rings. The van der Waals surface area contributed by atoms with Crippen molar-refractivity contribution >= 4 is 11.6 Å². The lowest BCUT2D eigenvalue weighted by Gasteiger charge is -2.09. The van der Waals surface area contributed by atoms with Crippen molar-refractivity contribution in [2.45, 2.75) is 6.92 Å². The van der Waals surface area contributed by atoms with Crippen LogP contribution in [0.1, 0.15) is 5.56 Å². The molecule has 16 heavy (non-hydrogen) atoms. The quantitative estimate of drug-likeness (QED) is 0.751. The van der Waals surface area contributed by atoms with Gasteiger partial charge in [0.1, 0.15) is 12.0 Å². The number of rotatable bonds is 2. The molecule has 82 valence electrons. The van der Waals surface area contributed by atoms with Crippen LogP contribution in [0.5, 0.6) is 5.75 Å². The van der Waals surface area contributed by atoms with Gasteiger partial charge < -0.3 is 4.74 Å². The Morgan fingerprint density at radius 2 is 2.12 bits per heavy atom. The number of hydrogen-bond donors (Lipinski definition) is 0. The third kappa shape index (κ3) is 1.84. The van der Waals surface area contributed by atoms with E-state index in [0.29, 0.717) is 16.6 Å². The molecule has 4 nitrogen and oxygen atoms in total. The molecule has 5 heteroatoms. The van der Waals surface area contributed by atoms with Crippen LogP contribution in [0.2, 0.25) is 5.15 Å². The highest BCUT2D eigenvalue weighted by molar-refractivity contribution is 6.31. The molecule has 0 fully saturated rings. The van der Waals surface area contributed by atoms with Gasteiger partial charge >= 0.3 is 0 Å². The van der Waals surface area contributed by atoms with Crippen molar-refractivity contribution in [1.29, 1.82) is 0 Å². The number of methoxy groups -OCH3 is 1. The predicted octanol–water partition coefficient (Wildman–Crippen LogP) is 2.51. The summed E-state index contributed by atoms with van der Waals surface area (Å²) in [7, 11) is 1.55. The molecule has 0 radical (unpaired) electrons. The minimum absolute atomic E-state index is 0.309. The third-order valence-corrected chi connectivity index (χ3v) is 2.51. The molecule has 0 atom stereocenters. The molecule has 0 spiro atoms. The number of ether oxygens (including phenoxy) is 1. The van der Waals surface area contributed by atoms with Gasteiger partial charge in [-0.05, 0) is 18.6 Å². The van der Waals surface area contributed by atoms with Gasteiger partial charge in [0.2, 0.25) is 0 Å². The molecule has 0 amide bonds. The van der Waals surface area contributed by atoms with Crippen molar-refractivity contribution in [2.24, 2.45) is 0 Å². The van der Waals surface area contributed by atoms with Crippen LogP contribution < -0.4 is 4.74 Å². The van der Waals surface area contributed by atoms with Crippen molar-refractivity contribution in [1.82, 2.24) is 15.0 Å². The Balaban J connectivity index is 2.65. The van der Waals surface area contributed by atoms with Gasteiger partial charge in [-0.2, -0.15) is 0 Å². The first-order valence-corrected chi connectivity index (χ1v) is 5.07. The van der Waals surface area contributed by atoms with E-state index in [0.717, 1.165) is 11.1 Å². The zero-order chi connectivity index (χ0) is 11.5. The van der Waals surface area contributed by atoms with Gasteiger partial charge in [-0.1, -0.05) is 11.6 Å². The Morgan fingerprint density at radius 1 is 1.31 bits per heavy atom. The van der Waals surface area contributed by atoms with Crippen LogP contribution in [0.25, 0.3) is 11.3 Å². The number of pyridine rings is 1. The molecule has 0 bridgehead atoms. The van der Waals surface area contributed by atoms with E-state index in [1.807, 2.05) is 13.0 Å². The summed E-state index contributed by atoms with van der Waals surface area (Å²) in [6.45, 7) is 1.96. The van der Waals surface area contributed by atoms with Crippen LogP contribution >= 0.6 is 11.6 Å². The molecule has 2 heterocycles. The fourth-order valence-electron chi connectivity index (χ4n) is 1.46. The summed E-state index contributed by atoms with van der Waals surface area (Å²) in [5, 5.41) is 0.309. The van der Waals surface area contributed by atoms with Crippen molar-refractivity contribution in [2.75, 3.05) is 7.11 Å². The predicted molar refractivity (Wildman–Crippen MR) is 61.6 cm³/mol. The van der Waals surface area contributed by atoms with Crippen LogP contribution in [-0.2, 0) is 0 Å². The summed E-state index contributed by atoms with van der Waals surface area (Å²) in [4.78, 5) is 12.1. The Kier molecular flexibility index (Phi) is 3.01. The second-order valence-corrected chi connectivity index (χ2v) is 3.59. The zero-order valence-corrected chi connectivity index (χ0v) is 9.69. The maximum Gasteiger partial charge on any atom is 0.182 e. The second kappa shape index (κ2) is 4.45. The summed E-state index contributed by atoms with van der Waals surface area (Å²) < 4.78 is 5.21. The molecule has 0 saturated carbocycles. The van der Waals surface area contributed by atoms with Gasteiger partial charge in [-0.15, -0.1) is 0 Å². The van der Waals surface area contributed by atoms with E-state index in [1.165, 1.54) is 6.33 Å². The SMILES string of the molecule is COc1c(Cl)ncnc1-c1ccncc1C. The van der Waals surface area contributed by atoms with E-state index in [4.69, 9.17) is 16.3 Å². The largest absolute Gasteiger partial charge is 0.491 e. The lowest BCUT2D eigenvalue weighted by molar-refractivity contribution is 0.413. The average Bonchev–Trinajstić information content (AvgIpc) is 2.29. The highest BCUT2D eigenvalue weighted by atomic mass is 35.5. The van der Waals surface area contributed by atoms with Gasteiger partial charge in [-0.25, -0.2) is 9.97 Å². The van der Waals surface area contributed by atoms with Gasteiger partial charge in [-0.3, -0.25) is 4.98 Å². The van der Waals surface area contributed by atoms with Gasteiger partial charge in [0, 0.05) is 18.0 Å². The zero-order valence-electron chi connectivity index (χ0n) is 8.94. The monoisotopic (exact) mass is 235 g/mol. The number of aromatic nitrogens is 3. The van der Waals surface area contributed by atoms with Crippen LogP contribution in [0.4, 0.5) is 0 Å². The fraction of sp³-hybridized carbons (Fsp3) is 0.182. The van der Waals surface area contributed by atoms with Crippen LogP contribution in [0.3, 0.4) is 0 Å². The van der Waals surface area contributed by atoms with Crippen molar-refractivity contribution in [3.8, 4) is 17.0 Å². The molecular weight excluding hydrogens is 226 g/mol. The Labute approximate surface area is 98.3 Å². The highest BCUT2D eigenvalue weighted by Gasteiger charge is 2.13. The van der Waals surface area contributed by atoms with Gasteiger partial charge in [0.05, 0.1) is 7.11 Å². The number of halogens is 1. The Bertz CT molecular complexity index is 516. The molecule has 0 aliphatic heterocycles. The first-order chi connectivity index (χ1) is 7.74. The molecule has 0 aromatic carbocycles. The summed E-state index contributed by atoms with van der Waals surface area (Å²) in [5.41, 5.74) is 2.63. The van der Waals surface area contributed by atoms with E-state index >= 15 is 0 Å². The molecule has 0 unspecified atom stereocenters. The maximum absolute atomic E-state index is 5.94. The van der Waals surface area contributed by atoms with Gasteiger partial charge in [0.15, 0.2) is 10.9 Å². The molecule has 2 aromatic rings. The van der Waals surface area contributed by atoms with Crippen LogP contribution in [0, 0.1) is 6.92 Å². The number of aryl methyl sites for hydroxylation is 1. The molecule has 2 aromatic heterocycles. The lowest BCUT2D eigenvalue weighted by atomic mass is 10.1. The molecule has 0 aliphatic carbocycles. The summed E-state index contributed by atoms with van der Waals surface area (Å²) in [5.74, 6) is 0.485.